The number of benzene rings is 3. The maximum atomic E-state index is 12.2. The van der Waals surface area contributed by atoms with Crippen molar-refractivity contribution in [2.45, 2.75) is 113 Å². The Morgan fingerprint density at radius 2 is 1.60 bits per heavy atom. The van der Waals surface area contributed by atoms with Crippen molar-refractivity contribution in [1.82, 2.24) is 9.97 Å². The minimum Gasteiger partial charge on any atom is -0.512 e. The van der Waals surface area contributed by atoms with Crippen molar-refractivity contribution in [2.24, 2.45) is 10.8 Å². The fraction of sp³-hybridized carbons (Fsp3) is 0.475. The van der Waals surface area contributed by atoms with E-state index in [1.807, 2.05) is 59.7 Å². The molecule has 3 aromatic carbocycles. The van der Waals surface area contributed by atoms with Gasteiger partial charge < -0.3 is 5.11 Å². The zero-order valence-electron chi connectivity index (χ0n) is 28.5. The first-order valence-corrected chi connectivity index (χ1v) is 16.6. The van der Waals surface area contributed by atoms with Gasteiger partial charge in [0.1, 0.15) is 12.1 Å². The van der Waals surface area contributed by atoms with Crippen LogP contribution in [-0.2, 0) is 24.9 Å². The fourth-order valence-electron chi connectivity index (χ4n) is 6.68. The molecule has 5 rings (SSSR count). The van der Waals surface area contributed by atoms with Gasteiger partial charge >= 0.3 is 0 Å². The minimum atomic E-state index is -0.337. The van der Waals surface area contributed by atoms with Crippen LogP contribution < -0.4 is 0 Å². The average Bonchev–Trinajstić information content (AvgIpc) is 3.58. The van der Waals surface area contributed by atoms with E-state index in [0.717, 1.165) is 47.8 Å². The molecule has 4 nitrogen and oxygen atoms in total. The average molecular weight is 784 g/mol. The molecule has 1 heterocycles. The molecule has 0 unspecified atom stereocenters. The Balaban J connectivity index is 0.000000270. The van der Waals surface area contributed by atoms with E-state index in [2.05, 4.69) is 49.2 Å². The standard InChI is InChI=1S/C25H23N2.C15H28O2.Ir/c1-16-14-20-12-13-21-24(19-10-4-3-5-11-19)26-15-27-25(21)23(20)17(2)22(16)18-8-6-7-9-18;1-7-14(5,8-2)12(16)11-13(17)15(6,9-3)10-4;/h3-5,10,12-15,18H,6-9H2,1-2H3;11,16H,7-10H2,1-6H3;/q-1;;/b;12-11-;. The van der Waals surface area contributed by atoms with Gasteiger partial charge in [0.2, 0.25) is 0 Å². The van der Waals surface area contributed by atoms with Crippen molar-refractivity contribution in [3.8, 4) is 11.3 Å². The van der Waals surface area contributed by atoms with Crippen LogP contribution in [0, 0.1) is 30.7 Å². The second-order valence-corrected chi connectivity index (χ2v) is 13.2. The number of hydrogen-bond donors (Lipinski definition) is 1. The summed E-state index contributed by atoms with van der Waals surface area (Å²) < 4.78 is 0. The van der Waals surface area contributed by atoms with Gasteiger partial charge in [-0.2, -0.15) is 0 Å². The summed E-state index contributed by atoms with van der Waals surface area (Å²) in [5, 5.41) is 13.8. The first kappa shape index (κ1) is 36.6. The fourth-order valence-corrected chi connectivity index (χ4v) is 6.68. The Morgan fingerprint density at radius 3 is 2.18 bits per heavy atom. The van der Waals surface area contributed by atoms with Crippen LogP contribution in [0.15, 0.2) is 60.6 Å². The van der Waals surface area contributed by atoms with Crippen LogP contribution in [0.4, 0.5) is 0 Å². The number of allylic oxidation sites excluding steroid dienone is 2. The van der Waals surface area contributed by atoms with Gasteiger partial charge in [0, 0.05) is 42.4 Å². The molecular weight excluding hydrogens is 733 g/mol. The maximum absolute atomic E-state index is 12.2. The number of aryl methyl sites for hydroxylation is 2. The molecule has 1 aliphatic carbocycles. The summed E-state index contributed by atoms with van der Waals surface area (Å²) in [6, 6.07) is 18.1. The number of hydrogen-bond acceptors (Lipinski definition) is 4. The van der Waals surface area contributed by atoms with E-state index in [-0.39, 0.29) is 42.5 Å². The van der Waals surface area contributed by atoms with Gasteiger partial charge in [-0.05, 0) is 91.4 Å². The van der Waals surface area contributed by atoms with Crippen molar-refractivity contribution in [3.05, 3.63) is 83.4 Å². The first-order valence-electron chi connectivity index (χ1n) is 16.6. The molecule has 243 valence electrons. The summed E-state index contributed by atoms with van der Waals surface area (Å²) in [6.07, 6.45) is 11.8. The Kier molecular flexibility index (Phi) is 12.7. The van der Waals surface area contributed by atoms with E-state index >= 15 is 0 Å². The third kappa shape index (κ3) is 7.58. The summed E-state index contributed by atoms with van der Waals surface area (Å²) in [4.78, 5) is 21.5. The molecule has 0 saturated heterocycles. The molecule has 0 aliphatic heterocycles. The third-order valence-electron chi connectivity index (χ3n) is 10.7. The number of aromatic nitrogens is 2. The number of aliphatic hydroxyl groups is 1. The molecular formula is C40H51IrN2O2-. The van der Waals surface area contributed by atoms with Crippen LogP contribution in [0.25, 0.3) is 32.9 Å². The van der Waals surface area contributed by atoms with E-state index in [0.29, 0.717) is 5.92 Å². The number of ketones is 1. The van der Waals surface area contributed by atoms with Crippen LogP contribution >= 0.6 is 0 Å². The minimum absolute atomic E-state index is 0. The number of carbonyl (C=O) groups excluding carboxylic acids is 1. The summed E-state index contributed by atoms with van der Waals surface area (Å²) in [7, 11) is 0. The summed E-state index contributed by atoms with van der Waals surface area (Å²) in [5.74, 6) is 0.988. The molecule has 0 spiro atoms. The van der Waals surface area contributed by atoms with Crippen molar-refractivity contribution in [2.75, 3.05) is 0 Å². The molecule has 1 fully saturated rings. The second kappa shape index (κ2) is 15.6. The molecule has 0 bridgehead atoms. The van der Waals surface area contributed by atoms with Gasteiger partial charge in [0.05, 0.1) is 5.52 Å². The molecule has 0 amide bonds. The van der Waals surface area contributed by atoms with Crippen molar-refractivity contribution < 1.29 is 30.0 Å². The SMILES string of the molecule is CCC(C)(CC)C(=O)/C=C(\O)C(C)(CC)CC.Cc1cc2ccc3c(-c4[c-]cccc4)ncnc3c2c(C)c1C1CCCC1.[Ir]. The van der Waals surface area contributed by atoms with Gasteiger partial charge in [-0.3, -0.25) is 9.78 Å². The van der Waals surface area contributed by atoms with Gasteiger partial charge in [-0.25, -0.2) is 4.98 Å². The third-order valence-corrected chi connectivity index (χ3v) is 10.7. The van der Waals surface area contributed by atoms with Crippen LogP contribution in [-0.4, -0.2) is 20.9 Å². The van der Waals surface area contributed by atoms with Crippen molar-refractivity contribution in [3.63, 3.8) is 0 Å². The van der Waals surface area contributed by atoms with Crippen LogP contribution in [0.5, 0.6) is 0 Å². The molecule has 4 aromatic rings. The molecule has 45 heavy (non-hydrogen) atoms. The van der Waals surface area contributed by atoms with Gasteiger partial charge in [-0.15, -0.1) is 35.9 Å². The predicted molar refractivity (Wildman–Crippen MR) is 185 cm³/mol. The maximum Gasteiger partial charge on any atom is 0.164 e. The Hall–Kier alpha value is -2.88. The Labute approximate surface area is 284 Å². The largest absolute Gasteiger partial charge is 0.512 e. The number of carbonyl (C=O) groups is 1. The van der Waals surface area contributed by atoms with Crippen LogP contribution in [0.2, 0.25) is 0 Å². The van der Waals surface area contributed by atoms with E-state index in [1.165, 1.54) is 53.7 Å². The molecule has 0 atom stereocenters. The van der Waals surface area contributed by atoms with E-state index in [1.54, 1.807) is 11.9 Å². The monoisotopic (exact) mass is 784 g/mol. The zero-order valence-corrected chi connectivity index (χ0v) is 30.9. The number of nitrogens with zero attached hydrogens (tertiary/aromatic N) is 2. The number of fused-ring (bicyclic) bond motifs is 3. The predicted octanol–water partition coefficient (Wildman–Crippen LogP) is 11.2. The second-order valence-electron chi connectivity index (χ2n) is 13.2. The van der Waals surface area contributed by atoms with Gasteiger partial charge in [0.25, 0.3) is 0 Å². The summed E-state index contributed by atoms with van der Waals surface area (Å²) >= 11 is 0. The van der Waals surface area contributed by atoms with Crippen molar-refractivity contribution in [1.29, 1.82) is 0 Å². The van der Waals surface area contributed by atoms with E-state index in [9.17, 15) is 9.90 Å². The first-order chi connectivity index (χ1) is 21.0. The zero-order chi connectivity index (χ0) is 32.1. The topological polar surface area (TPSA) is 63.1 Å². The molecule has 1 aromatic heterocycles. The molecule has 1 N–H and O–H groups in total. The Bertz CT molecular complexity index is 1630. The summed E-state index contributed by atoms with van der Waals surface area (Å²) in [6.45, 7) is 16.6. The molecule has 1 saturated carbocycles. The van der Waals surface area contributed by atoms with E-state index in [4.69, 9.17) is 4.98 Å². The van der Waals surface area contributed by atoms with Gasteiger partial charge in [-0.1, -0.05) is 72.6 Å². The van der Waals surface area contributed by atoms with Crippen molar-refractivity contribution >= 4 is 27.5 Å². The van der Waals surface area contributed by atoms with Crippen LogP contribution in [0.3, 0.4) is 0 Å². The number of rotatable bonds is 9. The van der Waals surface area contributed by atoms with E-state index < -0.39 is 0 Å². The normalized spacial score (nSPS) is 14.3. The van der Waals surface area contributed by atoms with Gasteiger partial charge in [0.15, 0.2) is 5.78 Å². The molecule has 1 radical (unpaired) electrons. The molecule has 1 aliphatic rings. The quantitative estimate of drug-likeness (QED) is 0.0795. The molecule has 5 heteroatoms. The Morgan fingerprint density at radius 1 is 0.956 bits per heavy atom. The summed E-state index contributed by atoms with van der Waals surface area (Å²) in [5.41, 5.74) is 6.83. The smallest absolute Gasteiger partial charge is 0.164 e. The number of aliphatic hydroxyl groups excluding tert-OH is 1. The van der Waals surface area contributed by atoms with Crippen LogP contribution in [0.1, 0.15) is 116 Å².